The molecule has 0 fully saturated rings. The van der Waals surface area contributed by atoms with Gasteiger partial charge in [-0.15, -0.1) is 0 Å². The number of hydrogen-bond donors (Lipinski definition) is 1. The second-order valence-corrected chi connectivity index (χ2v) is 7.41. The number of anilines is 1. The molecular formula is C22H20ClN3O4. The fourth-order valence-corrected chi connectivity index (χ4v) is 3.86. The van der Waals surface area contributed by atoms with E-state index in [-0.39, 0.29) is 18.1 Å². The SMILES string of the molecule is COc1ccc(OC)c(C(=O)C2CC(=O)Nc3c2c(C)nn3-c2ccc(Cl)cc2)c1. The van der Waals surface area contributed by atoms with Crippen molar-refractivity contribution >= 4 is 29.1 Å². The number of ether oxygens (including phenoxy) is 2. The predicted molar refractivity (Wildman–Crippen MR) is 113 cm³/mol. The van der Waals surface area contributed by atoms with Gasteiger partial charge in [-0.1, -0.05) is 11.6 Å². The van der Waals surface area contributed by atoms with Crippen LogP contribution in [0.2, 0.25) is 5.02 Å². The highest BCUT2D eigenvalue weighted by molar-refractivity contribution is 6.30. The third-order valence-corrected chi connectivity index (χ3v) is 5.41. The fraction of sp³-hybridized carbons (Fsp3) is 0.227. The normalized spacial score (nSPS) is 15.3. The average molecular weight is 426 g/mol. The molecule has 1 aliphatic heterocycles. The minimum Gasteiger partial charge on any atom is -0.497 e. The Kier molecular flexibility index (Phi) is 5.22. The number of ketones is 1. The van der Waals surface area contributed by atoms with Gasteiger partial charge >= 0.3 is 0 Å². The lowest BCUT2D eigenvalue weighted by Crippen LogP contribution is -2.28. The molecule has 1 unspecified atom stereocenters. The molecule has 2 heterocycles. The van der Waals surface area contributed by atoms with Crippen LogP contribution in [-0.4, -0.2) is 35.7 Å². The van der Waals surface area contributed by atoms with E-state index in [1.165, 1.54) is 14.2 Å². The molecule has 1 amide bonds. The summed E-state index contributed by atoms with van der Waals surface area (Å²) >= 11 is 5.99. The molecule has 2 aromatic carbocycles. The van der Waals surface area contributed by atoms with E-state index in [9.17, 15) is 9.59 Å². The van der Waals surface area contributed by atoms with Crippen molar-refractivity contribution in [2.24, 2.45) is 0 Å². The van der Waals surface area contributed by atoms with Gasteiger partial charge in [0.15, 0.2) is 5.78 Å². The highest BCUT2D eigenvalue weighted by atomic mass is 35.5. The van der Waals surface area contributed by atoms with E-state index in [0.717, 1.165) is 5.69 Å². The summed E-state index contributed by atoms with van der Waals surface area (Å²) in [5, 5.41) is 8.05. The highest BCUT2D eigenvalue weighted by Crippen LogP contribution is 2.40. The number of hydrogen-bond acceptors (Lipinski definition) is 5. The van der Waals surface area contributed by atoms with Crippen LogP contribution in [0.4, 0.5) is 5.82 Å². The van der Waals surface area contributed by atoms with Crippen molar-refractivity contribution in [2.45, 2.75) is 19.3 Å². The van der Waals surface area contributed by atoms with Crippen LogP contribution in [0.3, 0.4) is 0 Å². The lowest BCUT2D eigenvalue weighted by atomic mass is 9.85. The Morgan fingerprint density at radius 3 is 2.57 bits per heavy atom. The molecule has 1 atom stereocenters. The van der Waals surface area contributed by atoms with Crippen molar-refractivity contribution in [2.75, 3.05) is 19.5 Å². The number of rotatable bonds is 5. The van der Waals surface area contributed by atoms with E-state index in [0.29, 0.717) is 39.2 Å². The van der Waals surface area contributed by atoms with Gasteiger partial charge in [0.25, 0.3) is 0 Å². The molecule has 1 aliphatic rings. The largest absolute Gasteiger partial charge is 0.497 e. The summed E-state index contributed by atoms with van der Waals surface area (Å²) in [6, 6.07) is 12.1. The first-order chi connectivity index (χ1) is 14.4. The summed E-state index contributed by atoms with van der Waals surface area (Å²) < 4.78 is 12.3. The molecule has 0 spiro atoms. The molecule has 4 rings (SSSR count). The average Bonchev–Trinajstić information content (AvgIpc) is 3.08. The molecule has 7 nitrogen and oxygen atoms in total. The van der Waals surface area contributed by atoms with Gasteiger partial charge in [0.05, 0.1) is 37.1 Å². The second kappa shape index (κ2) is 7.84. The quantitative estimate of drug-likeness (QED) is 0.620. The van der Waals surface area contributed by atoms with Crippen LogP contribution in [0.1, 0.15) is 34.0 Å². The lowest BCUT2D eigenvalue weighted by Gasteiger charge is -2.24. The fourth-order valence-electron chi connectivity index (χ4n) is 3.73. The first-order valence-electron chi connectivity index (χ1n) is 9.34. The summed E-state index contributed by atoms with van der Waals surface area (Å²) in [5.74, 6) is 0.296. The van der Waals surface area contributed by atoms with E-state index in [1.54, 1.807) is 47.1 Å². The number of aromatic nitrogens is 2. The third-order valence-electron chi connectivity index (χ3n) is 5.16. The zero-order valence-corrected chi connectivity index (χ0v) is 17.5. The van der Waals surface area contributed by atoms with E-state index >= 15 is 0 Å². The topological polar surface area (TPSA) is 82.4 Å². The predicted octanol–water partition coefficient (Wildman–Crippen LogP) is 4.16. The molecule has 0 radical (unpaired) electrons. The van der Waals surface area contributed by atoms with Crippen LogP contribution >= 0.6 is 11.6 Å². The Balaban J connectivity index is 1.82. The minimum absolute atomic E-state index is 0.0271. The molecule has 1 N–H and O–H groups in total. The van der Waals surface area contributed by atoms with Gasteiger partial charge in [0.2, 0.25) is 5.91 Å². The number of fused-ring (bicyclic) bond motifs is 1. The van der Waals surface area contributed by atoms with E-state index in [2.05, 4.69) is 10.4 Å². The van der Waals surface area contributed by atoms with Gasteiger partial charge in [0.1, 0.15) is 17.3 Å². The summed E-state index contributed by atoms with van der Waals surface area (Å²) in [7, 11) is 3.03. The van der Waals surface area contributed by atoms with Gasteiger partial charge in [-0.2, -0.15) is 5.10 Å². The van der Waals surface area contributed by atoms with Crippen LogP contribution in [0, 0.1) is 6.92 Å². The maximum atomic E-state index is 13.5. The number of Topliss-reactive ketones (excluding diaryl/α,β-unsaturated/α-hetero) is 1. The number of carbonyl (C=O) groups is 2. The van der Waals surface area contributed by atoms with Gasteiger partial charge < -0.3 is 14.8 Å². The Bertz CT molecular complexity index is 1140. The summed E-state index contributed by atoms with van der Waals surface area (Å²) in [5.41, 5.74) is 2.46. The molecule has 3 aromatic rings. The Labute approximate surface area is 178 Å². The van der Waals surface area contributed by atoms with Gasteiger partial charge in [-0.25, -0.2) is 4.68 Å². The van der Waals surface area contributed by atoms with Crippen molar-refractivity contribution in [3.05, 3.63) is 64.3 Å². The Hall–Kier alpha value is -3.32. The number of aryl methyl sites for hydroxylation is 1. The van der Waals surface area contributed by atoms with Crippen LogP contribution in [0.15, 0.2) is 42.5 Å². The molecule has 0 saturated heterocycles. The number of carbonyl (C=O) groups excluding carboxylic acids is 2. The second-order valence-electron chi connectivity index (χ2n) is 6.97. The van der Waals surface area contributed by atoms with E-state index < -0.39 is 5.92 Å². The van der Waals surface area contributed by atoms with Crippen molar-refractivity contribution in [3.63, 3.8) is 0 Å². The molecule has 0 saturated carbocycles. The van der Waals surface area contributed by atoms with Crippen LogP contribution in [-0.2, 0) is 4.79 Å². The van der Waals surface area contributed by atoms with Gasteiger partial charge in [-0.3, -0.25) is 9.59 Å². The number of methoxy groups -OCH3 is 2. The number of nitrogens with one attached hydrogen (secondary N) is 1. The van der Waals surface area contributed by atoms with E-state index in [4.69, 9.17) is 21.1 Å². The zero-order valence-electron chi connectivity index (χ0n) is 16.7. The molecular weight excluding hydrogens is 406 g/mol. The van der Waals surface area contributed by atoms with Crippen LogP contribution < -0.4 is 14.8 Å². The molecule has 154 valence electrons. The summed E-state index contributed by atoms with van der Waals surface area (Å²) in [6.45, 7) is 1.83. The number of nitrogens with zero attached hydrogens (tertiary/aromatic N) is 2. The smallest absolute Gasteiger partial charge is 0.226 e. The standard InChI is InChI=1S/C22H20ClN3O4/c1-12-20-17(21(28)16-10-15(29-2)8-9-18(16)30-3)11-19(27)24-22(20)26(25-12)14-6-4-13(23)5-7-14/h4-10,17H,11H2,1-3H3,(H,24,27). The lowest BCUT2D eigenvalue weighted by molar-refractivity contribution is -0.116. The third kappa shape index (κ3) is 3.41. The monoisotopic (exact) mass is 425 g/mol. The van der Waals surface area contributed by atoms with E-state index in [1.807, 2.05) is 6.92 Å². The summed E-state index contributed by atoms with van der Waals surface area (Å²) in [4.78, 5) is 26.0. The summed E-state index contributed by atoms with van der Waals surface area (Å²) in [6.07, 6.45) is 0.0271. The number of amides is 1. The van der Waals surface area contributed by atoms with Gasteiger partial charge in [-0.05, 0) is 49.4 Å². The van der Waals surface area contributed by atoms with Gasteiger partial charge in [0, 0.05) is 17.0 Å². The van der Waals surface area contributed by atoms with Crippen molar-refractivity contribution in [1.29, 1.82) is 0 Å². The van der Waals surface area contributed by atoms with Crippen molar-refractivity contribution < 1.29 is 19.1 Å². The molecule has 30 heavy (non-hydrogen) atoms. The van der Waals surface area contributed by atoms with Crippen LogP contribution in [0.5, 0.6) is 11.5 Å². The highest BCUT2D eigenvalue weighted by Gasteiger charge is 2.37. The Morgan fingerprint density at radius 1 is 1.17 bits per heavy atom. The minimum atomic E-state index is -0.684. The van der Waals surface area contributed by atoms with Crippen molar-refractivity contribution in [1.82, 2.24) is 9.78 Å². The molecule has 0 bridgehead atoms. The maximum Gasteiger partial charge on any atom is 0.226 e. The number of benzene rings is 2. The first-order valence-corrected chi connectivity index (χ1v) is 9.72. The first kappa shape index (κ1) is 20.0. The maximum absolute atomic E-state index is 13.5. The zero-order chi connectivity index (χ0) is 21.4. The Morgan fingerprint density at radius 2 is 1.90 bits per heavy atom. The van der Waals surface area contributed by atoms with Crippen molar-refractivity contribution in [3.8, 4) is 17.2 Å². The molecule has 1 aromatic heterocycles. The van der Waals surface area contributed by atoms with Crippen LogP contribution in [0.25, 0.3) is 5.69 Å². The number of halogens is 1. The molecule has 0 aliphatic carbocycles. The molecule has 8 heteroatoms.